The second kappa shape index (κ2) is 13.1. The second-order valence-electron chi connectivity index (χ2n) is 8.06. The predicted octanol–water partition coefficient (Wildman–Crippen LogP) is 6.64. The van der Waals surface area contributed by atoms with Gasteiger partial charge in [-0.25, -0.2) is 10.4 Å². The summed E-state index contributed by atoms with van der Waals surface area (Å²) in [6, 6.07) is 19.1. The molecule has 0 spiro atoms. The van der Waals surface area contributed by atoms with Crippen LogP contribution in [0.4, 0.5) is 10.8 Å². The van der Waals surface area contributed by atoms with Crippen molar-refractivity contribution in [2.24, 2.45) is 5.10 Å². The maximum Gasteiger partial charge on any atom is 0.271 e. The number of hydrazone groups is 1. The molecule has 0 unspecified atom stereocenters. The predicted molar refractivity (Wildman–Crippen MR) is 162 cm³/mol. The van der Waals surface area contributed by atoms with Gasteiger partial charge in [0.2, 0.25) is 0 Å². The van der Waals surface area contributed by atoms with Crippen LogP contribution in [0.15, 0.2) is 71.1 Å². The van der Waals surface area contributed by atoms with Crippen molar-refractivity contribution < 1.29 is 14.3 Å². The number of nitrogens with one attached hydrogen (secondary N) is 2. The van der Waals surface area contributed by atoms with Crippen molar-refractivity contribution in [2.75, 3.05) is 18.5 Å². The number of nitrogens with zero attached hydrogens (tertiary/aromatic N) is 2. The van der Waals surface area contributed by atoms with Gasteiger partial charge in [0.25, 0.3) is 5.91 Å². The molecule has 3 aromatic carbocycles. The lowest BCUT2D eigenvalue weighted by atomic mass is 10.1. The zero-order valence-corrected chi connectivity index (χ0v) is 23.8. The standard InChI is InChI=1S/C29H25IN4O3S/c1-4-14-37-27-24(30)15-20(16-26(27)36-5-2)17-31-34-28(35)22-10-8-21(9-11-22)25-18-38-29(33-25)32-23-12-6-19(3)7-13-23/h1,6-13,15-18H,5,14H2,2-3H3,(H,32,33)(H,34,35)/b31-17-. The van der Waals surface area contributed by atoms with Crippen molar-refractivity contribution in [3.8, 4) is 35.1 Å². The van der Waals surface area contributed by atoms with Gasteiger partial charge in [-0.05, 0) is 78.4 Å². The number of hydrogen-bond donors (Lipinski definition) is 2. The van der Waals surface area contributed by atoms with Crippen molar-refractivity contribution >= 4 is 56.9 Å². The Kier molecular flexibility index (Phi) is 9.35. The molecule has 0 aliphatic carbocycles. The number of amides is 1. The summed E-state index contributed by atoms with van der Waals surface area (Å²) in [4.78, 5) is 17.3. The molecule has 9 heteroatoms. The van der Waals surface area contributed by atoms with E-state index in [1.54, 1.807) is 24.4 Å². The van der Waals surface area contributed by atoms with Crippen molar-refractivity contribution in [1.29, 1.82) is 0 Å². The molecule has 0 fully saturated rings. The Morgan fingerprint density at radius 1 is 1.16 bits per heavy atom. The third kappa shape index (κ3) is 7.12. The van der Waals surface area contributed by atoms with Gasteiger partial charge < -0.3 is 14.8 Å². The number of halogens is 1. The van der Waals surface area contributed by atoms with Gasteiger partial charge in [-0.3, -0.25) is 4.79 Å². The number of anilines is 2. The molecular weight excluding hydrogens is 611 g/mol. The van der Waals surface area contributed by atoms with Crippen LogP contribution in [-0.2, 0) is 0 Å². The Hall–Kier alpha value is -3.88. The third-order valence-corrected chi connectivity index (χ3v) is 6.82. The van der Waals surface area contributed by atoms with E-state index in [-0.39, 0.29) is 12.5 Å². The molecule has 2 N–H and O–H groups in total. The molecule has 7 nitrogen and oxygen atoms in total. The van der Waals surface area contributed by atoms with Crippen LogP contribution in [0.1, 0.15) is 28.4 Å². The van der Waals surface area contributed by atoms with E-state index in [0.717, 1.165) is 31.2 Å². The van der Waals surface area contributed by atoms with E-state index in [4.69, 9.17) is 15.9 Å². The monoisotopic (exact) mass is 636 g/mol. The molecular formula is C29H25IN4O3S. The number of ether oxygens (including phenoxy) is 2. The first kappa shape index (κ1) is 27.2. The number of carbonyl (C=O) groups excluding carboxylic acids is 1. The Bertz CT molecular complexity index is 1480. The first-order chi connectivity index (χ1) is 18.5. The number of thiazole rings is 1. The average molecular weight is 637 g/mol. The molecule has 38 heavy (non-hydrogen) atoms. The van der Waals surface area contributed by atoms with Crippen LogP contribution in [0.2, 0.25) is 0 Å². The van der Waals surface area contributed by atoms with Crippen LogP contribution in [-0.4, -0.2) is 30.3 Å². The van der Waals surface area contributed by atoms with Crippen molar-refractivity contribution in [1.82, 2.24) is 10.4 Å². The van der Waals surface area contributed by atoms with E-state index in [9.17, 15) is 4.79 Å². The molecule has 0 aliphatic heterocycles. The fourth-order valence-electron chi connectivity index (χ4n) is 3.43. The smallest absolute Gasteiger partial charge is 0.271 e. The van der Waals surface area contributed by atoms with E-state index in [2.05, 4.69) is 68.4 Å². The molecule has 192 valence electrons. The van der Waals surface area contributed by atoms with Gasteiger partial charge in [-0.1, -0.05) is 35.7 Å². The summed E-state index contributed by atoms with van der Waals surface area (Å²) in [6.07, 6.45) is 6.86. The topological polar surface area (TPSA) is 84.8 Å². The minimum Gasteiger partial charge on any atom is -0.490 e. The van der Waals surface area contributed by atoms with Crippen LogP contribution in [0.25, 0.3) is 11.3 Å². The number of hydrogen-bond acceptors (Lipinski definition) is 7. The molecule has 0 saturated carbocycles. The number of terminal acetylenes is 1. The highest BCUT2D eigenvalue weighted by molar-refractivity contribution is 14.1. The molecule has 0 radical (unpaired) electrons. The van der Waals surface area contributed by atoms with E-state index in [1.165, 1.54) is 16.9 Å². The van der Waals surface area contributed by atoms with Crippen molar-refractivity contribution in [3.63, 3.8) is 0 Å². The first-order valence-corrected chi connectivity index (χ1v) is 13.7. The molecule has 1 heterocycles. The van der Waals surface area contributed by atoms with E-state index in [1.807, 2.05) is 42.6 Å². The number of benzene rings is 3. The number of aryl methyl sites for hydroxylation is 1. The Balaban J connectivity index is 1.38. The maximum absolute atomic E-state index is 12.6. The average Bonchev–Trinajstić information content (AvgIpc) is 3.38. The third-order valence-electron chi connectivity index (χ3n) is 5.26. The molecule has 0 saturated heterocycles. The first-order valence-electron chi connectivity index (χ1n) is 11.7. The van der Waals surface area contributed by atoms with Crippen LogP contribution >= 0.6 is 33.9 Å². The fourth-order valence-corrected chi connectivity index (χ4v) is 4.95. The van der Waals surface area contributed by atoms with Gasteiger partial charge in [0.1, 0.15) is 6.61 Å². The summed E-state index contributed by atoms with van der Waals surface area (Å²) in [6.45, 7) is 4.56. The van der Waals surface area contributed by atoms with E-state index in [0.29, 0.717) is 23.7 Å². The highest BCUT2D eigenvalue weighted by atomic mass is 127. The number of carbonyl (C=O) groups is 1. The van der Waals surface area contributed by atoms with Crippen LogP contribution < -0.4 is 20.2 Å². The van der Waals surface area contributed by atoms with Crippen LogP contribution in [0.5, 0.6) is 11.5 Å². The molecule has 4 aromatic rings. The zero-order chi connectivity index (χ0) is 26.9. The zero-order valence-electron chi connectivity index (χ0n) is 20.8. The molecule has 0 atom stereocenters. The lowest BCUT2D eigenvalue weighted by molar-refractivity contribution is 0.0955. The summed E-state index contributed by atoms with van der Waals surface area (Å²) in [5.74, 6) is 3.29. The van der Waals surface area contributed by atoms with E-state index < -0.39 is 0 Å². The summed E-state index contributed by atoms with van der Waals surface area (Å²) >= 11 is 3.68. The Morgan fingerprint density at radius 2 is 1.92 bits per heavy atom. The number of aromatic nitrogens is 1. The molecule has 1 aromatic heterocycles. The Morgan fingerprint density at radius 3 is 2.63 bits per heavy atom. The van der Waals surface area contributed by atoms with Crippen LogP contribution in [0, 0.1) is 22.8 Å². The second-order valence-corrected chi connectivity index (χ2v) is 10.1. The number of rotatable bonds is 10. The van der Waals surface area contributed by atoms with Gasteiger partial charge >= 0.3 is 0 Å². The van der Waals surface area contributed by atoms with Gasteiger partial charge in [0.05, 0.1) is 22.1 Å². The van der Waals surface area contributed by atoms with Gasteiger partial charge in [0.15, 0.2) is 16.6 Å². The molecule has 0 bridgehead atoms. The maximum atomic E-state index is 12.6. The summed E-state index contributed by atoms with van der Waals surface area (Å²) in [7, 11) is 0. The van der Waals surface area contributed by atoms with Gasteiger partial charge in [0, 0.05) is 22.2 Å². The van der Waals surface area contributed by atoms with Crippen LogP contribution in [0.3, 0.4) is 0 Å². The quantitative estimate of drug-likeness (QED) is 0.0883. The molecule has 0 aliphatic rings. The largest absolute Gasteiger partial charge is 0.490 e. The highest BCUT2D eigenvalue weighted by Crippen LogP contribution is 2.34. The Labute approximate surface area is 239 Å². The molecule has 1 amide bonds. The van der Waals surface area contributed by atoms with Crippen molar-refractivity contribution in [2.45, 2.75) is 13.8 Å². The highest BCUT2D eigenvalue weighted by Gasteiger charge is 2.12. The normalized spacial score (nSPS) is 10.7. The molecule has 4 rings (SSSR count). The lowest BCUT2D eigenvalue weighted by Gasteiger charge is -2.13. The SMILES string of the molecule is C#CCOc1c(I)cc(/C=N\NC(=O)c2ccc(-c3csc(Nc4ccc(C)cc4)n3)cc2)cc1OCC. The summed E-state index contributed by atoms with van der Waals surface area (Å²) in [5.41, 5.74) is 7.75. The van der Waals surface area contributed by atoms with E-state index >= 15 is 0 Å². The fraction of sp³-hybridized carbons (Fsp3) is 0.138. The summed E-state index contributed by atoms with van der Waals surface area (Å²) < 4.78 is 12.1. The minimum absolute atomic E-state index is 0.145. The minimum atomic E-state index is -0.318. The lowest BCUT2D eigenvalue weighted by Crippen LogP contribution is -2.17. The van der Waals surface area contributed by atoms with Gasteiger partial charge in [-0.15, -0.1) is 17.8 Å². The summed E-state index contributed by atoms with van der Waals surface area (Å²) in [5, 5.41) is 10.2. The van der Waals surface area contributed by atoms with Gasteiger partial charge in [-0.2, -0.15) is 5.10 Å². The van der Waals surface area contributed by atoms with Crippen molar-refractivity contribution in [3.05, 3.63) is 86.3 Å².